The summed E-state index contributed by atoms with van der Waals surface area (Å²) in [6, 6.07) is 0. The standard InChI is InChI=1S/C35H70NO7P/c1-3-5-7-9-11-13-15-16-17-18-20-22-24-26-28-35(37)43-34(33-42-44(38,39)41-31-29-36)32-40-30-27-25-23-21-19-14-12-10-8-6-4-2/h8,10,34H,3-7,9,11-33,36H2,1-2H3,(H,38,39)/b10-8-. The normalized spacial score (nSPS) is 13.8. The highest BCUT2D eigenvalue weighted by atomic mass is 31.2. The second kappa shape index (κ2) is 33.6. The Morgan fingerprint density at radius 3 is 1.75 bits per heavy atom. The summed E-state index contributed by atoms with van der Waals surface area (Å²) in [7, 11) is -4.26. The molecule has 0 aliphatic rings. The van der Waals surface area contributed by atoms with E-state index in [1.54, 1.807) is 0 Å². The Morgan fingerprint density at radius 2 is 1.18 bits per heavy atom. The Morgan fingerprint density at radius 1 is 0.659 bits per heavy atom. The molecule has 0 aromatic rings. The molecule has 0 bridgehead atoms. The number of phosphoric ester groups is 1. The van der Waals surface area contributed by atoms with Gasteiger partial charge in [-0.15, -0.1) is 0 Å². The molecule has 8 nitrogen and oxygen atoms in total. The molecule has 0 saturated carbocycles. The average molecular weight is 648 g/mol. The molecule has 3 N–H and O–H groups in total. The molecule has 0 fully saturated rings. The molecule has 0 aliphatic carbocycles. The quantitative estimate of drug-likeness (QED) is 0.0302. The average Bonchev–Trinajstić information content (AvgIpc) is 3.01. The maximum Gasteiger partial charge on any atom is 0.472 e. The topological polar surface area (TPSA) is 117 Å². The van der Waals surface area contributed by atoms with E-state index in [9.17, 15) is 14.3 Å². The highest BCUT2D eigenvalue weighted by Gasteiger charge is 2.25. The van der Waals surface area contributed by atoms with Crippen molar-refractivity contribution in [3.63, 3.8) is 0 Å². The minimum absolute atomic E-state index is 0.0938. The lowest BCUT2D eigenvalue weighted by Gasteiger charge is -2.20. The Hall–Kier alpha value is -0.760. The van der Waals surface area contributed by atoms with Crippen LogP contribution >= 0.6 is 7.82 Å². The van der Waals surface area contributed by atoms with Crippen molar-refractivity contribution in [1.82, 2.24) is 0 Å². The lowest BCUT2D eigenvalue weighted by Crippen LogP contribution is -2.28. The first kappa shape index (κ1) is 43.2. The third kappa shape index (κ3) is 32.6. The Kier molecular flexibility index (Phi) is 33.0. The van der Waals surface area contributed by atoms with Gasteiger partial charge in [0.15, 0.2) is 0 Å². The largest absolute Gasteiger partial charge is 0.472 e. The lowest BCUT2D eigenvalue weighted by atomic mass is 10.0. The van der Waals surface area contributed by atoms with Gasteiger partial charge in [-0.25, -0.2) is 4.57 Å². The smallest absolute Gasteiger partial charge is 0.457 e. The van der Waals surface area contributed by atoms with Gasteiger partial charge in [0.05, 0.1) is 19.8 Å². The molecule has 0 heterocycles. The van der Waals surface area contributed by atoms with Gasteiger partial charge in [-0.05, 0) is 32.1 Å². The number of ether oxygens (including phenoxy) is 2. The molecule has 0 amide bonds. The molecule has 2 atom stereocenters. The first-order valence-electron chi connectivity index (χ1n) is 18.2. The fourth-order valence-corrected chi connectivity index (χ4v) is 5.76. The van der Waals surface area contributed by atoms with Crippen LogP contribution in [0.3, 0.4) is 0 Å². The summed E-state index contributed by atoms with van der Waals surface area (Å²) in [5.41, 5.74) is 5.34. The second-order valence-corrected chi connectivity index (χ2v) is 13.5. The van der Waals surface area contributed by atoms with Gasteiger partial charge in [0.1, 0.15) is 6.10 Å². The van der Waals surface area contributed by atoms with Crippen LogP contribution in [0.25, 0.3) is 0 Å². The van der Waals surface area contributed by atoms with E-state index in [-0.39, 0.29) is 32.3 Å². The molecule has 0 aliphatic heterocycles. The van der Waals surface area contributed by atoms with E-state index in [0.29, 0.717) is 13.0 Å². The van der Waals surface area contributed by atoms with Crippen molar-refractivity contribution in [1.29, 1.82) is 0 Å². The number of phosphoric acid groups is 1. The van der Waals surface area contributed by atoms with Gasteiger partial charge in [-0.1, -0.05) is 142 Å². The van der Waals surface area contributed by atoms with E-state index >= 15 is 0 Å². The molecule has 262 valence electrons. The number of hydrogen-bond donors (Lipinski definition) is 2. The lowest BCUT2D eigenvalue weighted by molar-refractivity contribution is -0.154. The first-order valence-corrected chi connectivity index (χ1v) is 19.7. The van der Waals surface area contributed by atoms with Crippen LogP contribution < -0.4 is 5.73 Å². The van der Waals surface area contributed by atoms with Gasteiger partial charge < -0.3 is 20.1 Å². The number of esters is 1. The summed E-state index contributed by atoms with van der Waals surface area (Å²) < 4.78 is 33.2. The number of hydrogen-bond acceptors (Lipinski definition) is 7. The Labute approximate surface area is 271 Å². The zero-order chi connectivity index (χ0) is 32.4. The number of nitrogens with two attached hydrogens (primary N) is 1. The third-order valence-electron chi connectivity index (χ3n) is 7.66. The summed E-state index contributed by atoms with van der Waals surface area (Å²) in [6.45, 7) is 4.86. The molecule has 0 saturated heterocycles. The summed E-state index contributed by atoms with van der Waals surface area (Å²) >= 11 is 0. The molecule has 0 spiro atoms. The van der Waals surface area contributed by atoms with Crippen molar-refractivity contribution in [3.05, 3.63) is 12.2 Å². The van der Waals surface area contributed by atoms with Gasteiger partial charge in [0, 0.05) is 19.6 Å². The summed E-state index contributed by atoms with van der Waals surface area (Å²) in [5.74, 6) is -0.332. The van der Waals surface area contributed by atoms with Crippen LogP contribution in [0.2, 0.25) is 0 Å². The Balaban J connectivity index is 4.09. The fraction of sp³-hybridized carbons (Fsp3) is 0.914. The van der Waals surface area contributed by atoms with Crippen LogP contribution in [-0.4, -0.2) is 49.9 Å². The molecule has 0 aromatic heterocycles. The minimum Gasteiger partial charge on any atom is -0.457 e. The highest BCUT2D eigenvalue weighted by molar-refractivity contribution is 7.47. The van der Waals surface area contributed by atoms with Crippen LogP contribution in [0.4, 0.5) is 0 Å². The minimum atomic E-state index is -4.26. The molecule has 0 aromatic carbocycles. The molecule has 9 heteroatoms. The summed E-state index contributed by atoms with van der Waals surface area (Å²) in [6.07, 6.45) is 32.2. The SMILES string of the molecule is CCC/C=C\CCCCCCCCOCC(COP(=O)(O)OCCN)OC(=O)CCCCCCCCCCCCCCCC. The van der Waals surface area contributed by atoms with Crippen molar-refractivity contribution in [2.24, 2.45) is 5.73 Å². The van der Waals surface area contributed by atoms with E-state index in [1.165, 1.54) is 116 Å². The molecule has 0 rings (SSSR count). The van der Waals surface area contributed by atoms with Gasteiger partial charge in [0.2, 0.25) is 0 Å². The van der Waals surface area contributed by atoms with Gasteiger partial charge in [0.25, 0.3) is 0 Å². The number of carbonyl (C=O) groups is 1. The van der Waals surface area contributed by atoms with Crippen LogP contribution in [0.1, 0.15) is 168 Å². The van der Waals surface area contributed by atoms with E-state index in [4.69, 9.17) is 24.3 Å². The Bertz CT molecular complexity index is 692. The van der Waals surface area contributed by atoms with Crippen molar-refractivity contribution >= 4 is 13.8 Å². The number of rotatable bonds is 35. The van der Waals surface area contributed by atoms with Gasteiger partial charge in [-0.2, -0.15) is 0 Å². The van der Waals surface area contributed by atoms with Crippen molar-refractivity contribution in [2.75, 3.05) is 33.0 Å². The predicted octanol–water partition coefficient (Wildman–Crippen LogP) is 9.97. The second-order valence-electron chi connectivity index (χ2n) is 12.1. The summed E-state index contributed by atoms with van der Waals surface area (Å²) in [4.78, 5) is 22.3. The van der Waals surface area contributed by atoms with Gasteiger partial charge in [-0.3, -0.25) is 13.8 Å². The molecule has 0 radical (unpaired) electrons. The highest BCUT2D eigenvalue weighted by Crippen LogP contribution is 2.43. The van der Waals surface area contributed by atoms with E-state index in [1.807, 2.05) is 0 Å². The number of allylic oxidation sites excluding steroid dienone is 2. The first-order chi connectivity index (χ1) is 21.4. The molecule has 2 unspecified atom stereocenters. The van der Waals surface area contributed by atoms with Crippen molar-refractivity contribution in [2.45, 2.75) is 174 Å². The fourth-order valence-electron chi connectivity index (χ4n) is 5.00. The molecular weight excluding hydrogens is 577 g/mol. The number of carbonyl (C=O) groups excluding carboxylic acids is 1. The van der Waals surface area contributed by atoms with Crippen LogP contribution in [0.15, 0.2) is 12.2 Å². The van der Waals surface area contributed by atoms with Crippen LogP contribution in [0, 0.1) is 0 Å². The summed E-state index contributed by atoms with van der Waals surface area (Å²) in [5, 5.41) is 0. The van der Waals surface area contributed by atoms with Crippen LogP contribution in [0.5, 0.6) is 0 Å². The van der Waals surface area contributed by atoms with Gasteiger partial charge >= 0.3 is 13.8 Å². The maximum absolute atomic E-state index is 12.5. The maximum atomic E-state index is 12.5. The molecular formula is C35H70NO7P. The van der Waals surface area contributed by atoms with Crippen LogP contribution in [-0.2, 0) is 27.9 Å². The number of unbranched alkanes of at least 4 members (excludes halogenated alkanes) is 20. The third-order valence-corrected chi connectivity index (χ3v) is 8.65. The monoisotopic (exact) mass is 647 g/mol. The molecule has 44 heavy (non-hydrogen) atoms. The zero-order valence-electron chi connectivity index (χ0n) is 28.7. The van der Waals surface area contributed by atoms with E-state index in [0.717, 1.165) is 32.1 Å². The predicted molar refractivity (Wildman–Crippen MR) is 183 cm³/mol. The van der Waals surface area contributed by atoms with E-state index in [2.05, 4.69) is 26.0 Å². The van der Waals surface area contributed by atoms with Crippen molar-refractivity contribution < 1.29 is 32.8 Å². The zero-order valence-corrected chi connectivity index (χ0v) is 29.6. The van der Waals surface area contributed by atoms with E-state index < -0.39 is 13.9 Å². The van der Waals surface area contributed by atoms with Crippen molar-refractivity contribution in [3.8, 4) is 0 Å².